The van der Waals surface area contributed by atoms with E-state index in [0.717, 1.165) is 32.4 Å². The molecule has 0 aliphatic carbocycles. The predicted octanol–water partition coefficient (Wildman–Crippen LogP) is 2.14. The van der Waals surface area contributed by atoms with Gasteiger partial charge in [0.15, 0.2) is 0 Å². The Hall–Kier alpha value is -0.370. The molecule has 13 heavy (non-hydrogen) atoms. The highest BCUT2D eigenvalue weighted by molar-refractivity contribution is 5.78. The summed E-state index contributed by atoms with van der Waals surface area (Å²) in [6.07, 6.45) is 6.49. The van der Waals surface area contributed by atoms with Crippen LogP contribution in [0.5, 0.6) is 0 Å². The molecule has 0 spiro atoms. The molecule has 2 heteroatoms. The zero-order valence-corrected chi connectivity index (χ0v) is 8.64. The molecule has 0 radical (unpaired) electrons. The van der Waals surface area contributed by atoms with Gasteiger partial charge in [-0.15, -0.1) is 0 Å². The molecule has 0 aromatic rings. The summed E-state index contributed by atoms with van der Waals surface area (Å²) in [7, 11) is 0. The Bertz CT molecular complexity index is 152. The maximum atomic E-state index is 11.4. The first-order valence-corrected chi connectivity index (χ1v) is 5.55. The topological polar surface area (TPSA) is 29.1 Å². The van der Waals surface area contributed by atoms with Crippen LogP contribution in [0.4, 0.5) is 0 Å². The van der Waals surface area contributed by atoms with Crippen molar-refractivity contribution in [1.82, 2.24) is 5.32 Å². The molecule has 0 aromatic carbocycles. The number of rotatable bonds is 7. The molecule has 0 amide bonds. The Morgan fingerprint density at radius 1 is 1.31 bits per heavy atom. The fourth-order valence-electron chi connectivity index (χ4n) is 1.67. The molecule has 0 aromatic heterocycles. The number of nitrogens with one attached hydrogen (secondary N) is 1. The molecule has 0 saturated carbocycles. The van der Waals surface area contributed by atoms with E-state index in [1.54, 1.807) is 0 Å². The molecule has 1 N–H and O–H groups in total. The average molecular weight is 183 g/mol. The number of hydrogen-bond acceptors (Lipinski definition) is 2. The number of hydrogen-bond donors (Lipinski definition) is 1. The average Bonchev–Trinajstić information content (AvgIpc) is 2.06. The van der Waals surface area contributed by atoms with E-state index in [-0.39, 0.29) is 0 Å². The molecular formula is C11H21NO. The molecule has 0 bridgehead atoms. The van der Waals surface area contributed by atoms with Crippen LogP contribution in [0.15, 0.2) is 0 Å². The molecule has 1 aliphatic heterocycles. The van der Waals surface area contributed by atoms with Crippen LogP contribution in [-0.2, 0) is 4.79 Å². The fourth-order valence-corrected chi connectivity index (χ4v) is 1.67. The Labute approximate surface area is 81.1 Å². The van der Waals surface area contributed by atoms with Gasteiger partial charge in [-0.25, -0.2) is 0 Å². The van der Waals surface area contributed by atoms with Gasteiger partial charge in [0.1, 0.15) is 5.78 Å². The minimum atomic E-state index is 0.475. The van der Waals surface area contributed by atoms with Crippen LogP contribution in [-0.4, -0.2) is 18.9 Å². The van der Waals surface area contributed by atoms with Crippen LogP contribution in [0.25, 0.3) is 0 Å². The lowest BCUT2D eigenvalue weighted by molar-refractivity contribution is -0.120. The first kappa shape index (κ1) is 10.7. The van der Waals surface area contributed by atoms with Gasteiger partial charge in [-0.2, -0.15) is 0 Å². The highest BCUT2D eigenvalue weighted by Crippen LogP contribution is 2.12. The van der Waals surface area contributed by atoms with Crippen LogP contribution in [0.3, 0.4) is 0 Å². The minimum Gasteiger partial charge on any atom is -0.316 e. The standard InChI is InChI=1S/C11H21NO/c1-2-3-4-5-6-11(13)7-10-8-12-9-10/h10,12H,2-9H2,1H3. The van der Waals surface area contributed by atoms with Gasteiger partial charge in [-0.05, 0) is 25.4 Å². The maximum absolute atomic E-state index is 11.4. The lowest BCUT2D eigenvalue weighted by Crippen LogP contribution is -2.42. The van der Waals surface area contributed by atoms with Gasteiger partial charge in [0.2, 0.25) is 0 Å². The molecule has 1 saturated heterocycles. The Kier molecular flexibility index (Phi) is 5.06. The molecule has 1 rings (SSSR count). The van der Waals surface area contributed by atoms with Crippen LogP contribution in [0.2, 0.25) is 0 Å². The largest absolute Gasteiger partial charge is 0.316 e. The second-order valence-electron chi connectivity index (χ2n) is 4.08. The van der Waals surface area contributed by atoms with Gasteiger partial charge in [0, 0.05) is 12.8 Å². The summed E-state index contributed by atoms with van der Waals surface area (Å²) >= 11 is 0. The Balaban J connectivity index is 1.91. The second kappa shape index (κ2) is 6.14. The predicted molar refractivity (Wildman–Crippen MR) is 54.7 cm³/mol. The van der Waals surface area contributed by atoms with Gasteiger partial charge >= 0.3 is 0 Å². The summed E-state index contributed by atoms with van der Waals surface area (Å²) < 4.78 is 0. The Morgan fingerprint density at radius 2 is 2.08 bits per heavy atom. The summed E-state index contributed by atoms with van der Waals surface area (Å²) in [5.74, 6) is 1.13. The Morgan fingerprint density at radius 3 is 2.62 bits per heavy atom. The van der Waals surface area contributed by atoms with E-state index in [1.165, 1.54) is 19.3 Å². The third-order valence-electron chi connectivity index (χ3n) is 2.69. The van der Waals surface area contributed by atoms with E-state index < -0.39 is 0 Å². The number of carbonyl (C=O) groups is 1. The third kappa shape index (κ3) is 4.41. The van der Waals surface area contributed by atoms with Crippen molar-refractivity contribution >= 4 is 5.78 Å². The van der Waals surface area contributed by atoms with Crippen LogP contribution >= 0.6 is 0 Å². The van der Waals surface area contributed by atoms with Crippen molar-refractivity contribution in [3.05, 3.63) is 0 Å². The first-order chi connectivity index (χ1) is 6.33. The van der Waals surface area contributed by atoms with Gasteiger partial charge in [0.25, 0.3) is 0 Å². The first-order valence-electron chi connectivity index (χ1n) is 5.55. The molecule has 2 nitrogen and oxygen atoms in total. The van der Waals surface area contributed by atoms with E-state index in [9.17, 15) is 4.79 Å². The summed E-state index contributed by atoms with van der Waals surface area (Å²) in [6, 6.07) is 0. The van der Waals surface area contributed by atoms with Crippen molar-refractivity contribution in [2.45, 2.75) is 45.4 Å². The lowest BCUT2D eigenvalue weighted by atomic mass is 9.94. The molecule has 1 fully saturated rings. The van der Waals surface area contributed by atoms with Crippen molar-refractivity contribution in [3.8, 4) is 0 Å². The quantitative estimate of drug-likeness (QED) is 0.613. The van der Waals surface area contributed by atoms with E-state index in [4.69, 9.17) is 0 Å². The van der Waals surface area contributed by atoms with Crippen molar-refractivity contribution in [2.24, 2.45) is 5.92 Å². The van der Waals surface area contributed by atoms with E-state index >= 15 is 0 Å². The summed E-state index contributed by atoms with van der Waals surface area (Å²) in [5, 5.41) is 3.19. The summed E-state index contributed by atoms with van der Waals surface area (Å²) in [4.78, 5) is 11.4. The molecule has 1 aliphatic rings. The molecule has 76 valence electrons. The number of unbranched alkanes of at least 4 members (excludes halogenated alkanes) is 3. The zero-order chi connectivity index (χ0) is 9.52. The number of carbonyl (C=O) groups excluding carboxylic acids is 1. The van der Waals surface area contributed by atoms with E-state index in [2.05, 4.69) is 12.2 Å². The maximum Gasteiger partial charge on any atom is 0.133 e. The highest BCUT2D eigenvalue weighted by atomic mass is 16.1. The number of ketones is 1. The van der Waals surface area contributed by atoms with Crippen molar-refractivity contribution in [1.29, 1.82) is 0 Å². The minimum absolute atomic E-state index is 0.475. The van der Waals surface area contributed by atoms with E-state index in [1.807, 2.05) is 0 Å². The zero-order valence-electron chi connectivity index (χ0n) is 8.64. The van der Waals surface area contributed by atoms with Gasteiger partial charge in [0.05, 0.1) is 0 Å². The number of Topliss-reactive ketones (excluding diaryl/α,β-unsaturated/α-hetero) is 1. The molecule has 0 atom stereocenters. The summed E-state index contributed by atoms with van der Waals surface area (Å²) in [5.41, 5.74) is 0. The fraction of sp³-hybridized carbons (Fsp3) is 0.909. The molecule has 0 unspecified atom stereocenters. The van der Waals surface area contributed by atoms with Crippen LogP contribution in [0.1, 0.15) is 45.4 Å². The SMILES string of the molecule is CCCCCCC(=O)CC1CNC1. The third-order valence-corrected chi connectivity index (χ3v) is 2.69. The van der Waals surface area contributed by atoms with Crippen molar-refractivity contribution < 1.29 is 4.79 Å². The normalized spacial score (nSPS) is 17.0. The van der Waals surface area contributed by atoms with Gasteiger partial charge < -0.3 is 5.32 Å². The van der Waals surface area contributed by atoms with Crippen LogP contribution < -0.4 is 5.32 Å². The van der Waals surface area contributed by atoms with Gasteiger partial charge in [-0.1, -0.05) is 26.2 Å². The molecule has 1 heterocycles. The second-order valence-corrected chi connectivity index (χ2v) is 4.08. The smallest absolute Gasteiger partial charge is 0.133 e. The van der Waals surface area contributed by atoms with Crippen LogP contribution in [0, 0.1) is 5.92 Å². The summed E-state index contributed by atoms with van der Waals surface area (Å²) in [6.45, 7) is 4.31. The van der Waals surface area contributed by atoms with Crippen molar-refractivity contribution in [2.75, 3.05) is 13.1 Å². The van der Waals surface area contributed by atoms with E-state index in [0.29, 0.717) is 11.7 Å². The van der Waals surface area contributed by atoms with Gasteiger partial charge in [-0.3, -0.25) is 4.79 Å². The molecular weight excluding hydrogens is 162 g/mol. The lowest BCUT2D eigenvalue weighted by Gasteiger charge is -2.26. The van der Waals surface area contributed by atoms with Crippen molar-refractivity contribution in [3.63, 3.8) is 0 Å². The monoisotopic (exact) mass is 183 g/mol. The highest BCUT2D eigenvalue weighted by Gasteiger charge is 2.19.